The van der Waals surface area contributed by atoms with Crippen LogP contribution in [-0.2, 0) is 0 Å². The molecule has 0 bridgehead atoms. The molecular weight excluding hydrogens is 682 g/mol. The van der Waals surface area contributed by atoms with E-state index in [0.717, 1.165) is 37.9 Å². The zero-order chi connectivity index (χ0) is 35.6. The predicted octanol–water partition coefficient (Wildman–Crippen LogP) is 4.88. The van der Waals surface area contributed by atoms with Crippen molar-refractivity contribution in [1.82, 2.24) is 44.0 Å². The van der Waals surface area contributed by atoms with Gasteiger partial charge in [-0.1, -0.05) is 11.6 Å². The molecule has 17 heteroatoms. The Morgan fingerprint density at radius 1 is 0.784 bits per heavy atom. The van der Waals surface area contributed by atoms with Crippen molar-refractivity contribution in [3.8, 4) is 0 Å². The lowest BCUT2D eigenvalue weighted by Crippen LogP contribution is -2.28. The van der Waals surface area contributed by atoms with Gasteiger partial charge in [-0.2, -0.15) is 0 Å². The summed E-state index contributed by atoms with van der Waals surface area (Å²) in [5.74, 6) is -0.564. The molecule has 1 saturated carbocycles. The summed E-state index contributed by atoms with van der Waals surface area (Å²) in [5, 5.41) is 9.00. The largest absolute Gasteiger partial charge is 0.355 e. The second kappa shape index (κ2) is 14.3. The first-order chi connectivity index (χ1) is 24.6. The number of amides is 2. The maximum atomic E-state index is 14.2. The van der Waals surface area contributed by atoms with Crippen molar-refractivity contribution in [3.63, 3.8) is 0 Å². The number of hydrogen-bond acceptors (Lipinski definition) is 10. The smallest absolute Gasteiger partial charge is 0.275 e. The molecule has 0 spiro atoms. The van der Waals surface area contributed by atoms with Crippen molar-refractivity contribution < 1.29 is 18.4 Å². The van der Waals surface area contributed by atoms with Gasteiger partial charge in [0.25, 0.3) is 11.8 Å². The summed E-state index contributed by atoms with van der Waals surface area (Å²) in [6, 6.07) is 3.17. The summed E-state index contributed by atoms with van der Waals surface area (Å²) >= 11 is 5.60. The van der Waals surface area contributed by atoms with E-state index in [4.69, 9.17) is 11.6 Å². The predicted molar refractivity (Wildman–Crippen MR) is 186 cm³/mol. The van der Waals surface area contributed by atoms with Crippen molar-refractivity contribution in [3.05, 3.63) is 101 Å². The number of imidazole rings is 2. The molecule has 2 fully saturated rings. The van der Waals surface area contributed by atoms with Crippen LogP contribution in [0, 0.1) is 31.4 Å². The van der Waals surface area contributed by atoms with Crippen LogP contribution in [0.1, 0.15) is 51.6 Å². The lowest BCUT2D eigenvalue weighted by atomic mass is 10.1. The minimum atomic E-state index is -0.525. The number of halogens is 3. The molecule has 51 heavy (non-hydrogen) atoms. The van der Waals surface area contributed by atoms with Crippen molar-refractivity contribution in [2.24, 2.45) is 5.92 Å². The Balaban J connectivity index is 0.000000170. The number of nitrogens with one attached hydrogen (secondary N) is 3. The molecule has 7 heterocycles. The Morgan fingerprint density at radius 3 is 1.86 bits per heavy atom. The molecule has 1 aliphatic heterocycles. The monoisotopic (exact) mass is 714 g/mol. The number of carbonyl (C=O) groups is 2. The van der Waals surface area contributed by atoms with Gasteiger partial charge in [0, 0.05) is 56.1 Å². The number of carbonyl (C=O) groups excluding carboxylic acids is 2. The molecule has 14 nitrogen and oxygen atoms in total. The van der Waals surface area contributed by atoms with Crippen LogP contribution >= 0.6 is 11.6 Å². The maximum absolute atomic E-state index is 14.2. The Hall–Kier alpha value is -5.61. The van der Waals surface area contributed by atoms with Crippen LogP contribution in [0.25, 0.3) is 11.3 Å². The van der Waals surface area contributed by atoms with Gasteiger partial charge < -0.3 is 29.7 Å². The van der Waals surface area contributed by atoms with Crippen molar-refractivity contribution in [1.29, 1.82) is 0 Å². The number of aryl methyl sites for hydroxylation is 2. The number of hydrogen-bond donors (Lipinski definition) is 3. The summed E-state index contributed by atoms with van der Waals surface area (Å²) in [4.78, 5) is 51.2. The summed E-state index contributed by atoms with van der Waals surface area (Å²) in [6.45, 7) is 6.48. The first-order valence-corrected chi connectivity index (χ1v) is 16.7. The molecule has 6 aromatic rings. The second-order valence-electron chi connectivity index (χ2n) is 12.6. The molecule has 2 amide bonds. The topological polar surface area (TPSA) is 160 Å². The van der Waals surface area contributed by atoms with Gasteiger partial charge in [-0.25, -0.2) is 38.7 Å². The van der Waals surface area contributed by atoms with Crippen molar-refractivity contribution >= 4 is 51.9 Å². The lowest BCUT2D eigenvalue weighted by molar-refractivity contribution is 0.101. The van der Waals surface area contributed by atoms with Crippen molar-refractivity contribution in [2.45, 2.75) is 39.2 Å². The quantitative estimate of drug-likeness (QED) is 0.198. The minimum absolute atomic E-state index is 0.0849. The standard InChI is InChI=1S/C21H24FN7O.C13H9ClFN5O/c1-13-10-29-12-16(6-17(22)20(29)26-13)27-21(30)18-8-25-19(9-24-18)28-5-4-14(11-28)7-23-15-2-3-15;1-7-5-20-6-8(2-9(15)12(20)18-7)19-13(21)10-3-17-11(14)4-16-10/h6,8-10,12,14-15,23H,2-5,7,11H2,1H3,(H,27,30);2-6H,1H3,(H,19,21). The fourth-order valence-corrected chi connectivity index (χ4v) is 5.84. The van der Waals surface area contributed by atoms with E-state index in [1.165, 1.54) is 48.0 Å². The molecule has 2 aliphatic rings. The van der Waals surface area contributed by atoms with Gasteiger partial charge in [-0.3, -0.25) is 9.59 Å². The van der Waals surface area contributed by atoms with E-state index in [0.29, 0.717) is 28.7 Å². The van der Waals surface area contributed by atoms with E-state index in [1.807, 2.05) is 0 Å². The van der Waals surface area contributed by atoms with E-state index in [1.54, 1.807) is 49.2 Å². The SMILES string of the molecule is Cc1cn2cc(NC(=O)c3cnc(Cl)cn3)cc(F)c2n1.Cc1cn2cc(NC(=O)c3cnc(N4CCC(CNC5CC5)C4)cn3)cc(F)c2n1. The highest BCUT2D eigenvalue weighted by molar-refractivity contribution is 6.29. The summed E-state index contributed by atoms with van der Waals surface area (Å²) in [5.41, 5.74) is 2.71. The van der Waals surface area contributed by atoms with E-state index in [-0.39, 0.29) is 27.8 Å². The second-order valence-corrected chi connectivity index (χ2v) is 12.9. The molecule has 1 atom stereocenters. The molecule has 8 rings (SSSR count). The normalized spacial score (nSPS) is 15.5. The van der Waals surface area contributed by atoms with Gasteiger partial charge in [0.2, 0.25) is 0 Å². The first kappa shape index (κ1) is 33.9. The summed E-state index contributed by atoms with van der Waals surface area (Å²) in [6.07, 6.45) is 15.9. The van der Waals surface area contributed by atoms with Crippen LogP contribution in [0.5, 0.6) is 0 Å². The Kier molecular flexibility index (Phi) is 9.51. The molecule has 3 N–H and O–H groups in total. The van der Waals surface area contributed by atoms with Crippen LogP contribution in [0.15, 0.2) is 61.7 Å². The number of fused-ring (bicyclic) bond motifs is 2. The zero-order valence-corrected chi connectivity index (χ0v) is 28.4. The average molecular weight is 715 g/mol. The van der Waals surface area contributed by atoms with Crippen LogP contribution in [0.3, 0.4) is 0 Å². The Morgan fingerprint density at radius 2 is 1.35 bits per heavy atom. The maximum Gasteiger partial charge on any atom is 0.275 e. The first-order valence-electron chi connectivity index (χ1n) is 16.3. The molecule has 0 aromatic carbocycles. The van der Waals surface area contributed by atoms with Crippen LogP contribution in [0.4, 0.5) is 26.0 Å². The fraction of sp³-hybridized carbons (Fsp3) is 0.294. The van der Waals surface area contributed by atoms with Gasteiger partial charge in [0.15, 0.2) is 22.9 Å². The summed E-state index contributed by atoms with van der Waals surface area (Å²) < 4.78 is 31.1. The number of pyridine rings is 2. The van der Waals surface area contributed by atoms with Crippen LogP contribution in [-0.4, -0.2) is 76.2 Å². The molecule has 6 aromatic heterocycles. The molecule has 0 radical (unpaired) electrons. The Labute approximate surface area is 295 Å². The minimum Gasteiger partial charge on any atom is -0.355 e. The third-order valence-corrected chi connectivity index (χ3v) is 8.57. The number of rotatable bonds is 8. The van der Waals surface area contributed by atoms with Gasteiger partial charge in [-0.05, 0) is 45.6 Å². The number of aromatic nitrogens is 8. The zero-order valence-electron chi connectivity index (χ0n) is 27.6. The average Bonchev–Trinajstić information content (AvgIpc) is 3.46. The molecule has 1 unspecified atom stereocenters. The number of anilines is 3. The van der Waals surface area contributed by atoms with Crippen LogP contribution in [0.2, 0.25) is 5.15 Å². The van der Waals surface area contributed by atoms with Crippen molar-refractivity contribution in [2.75, 3.05) is 35.2 Å². The molecular formula is C34H33ClF2N12O2. The number of nitrogens with zero attached hydrogens (tertiary/aromatic N) is 9. The fourth-order valence-electron chi connectivity index (χ4n) is 5.75. The highest BCUT2D eigenvalue weighted by Crippen LogP contribution is 2.24. The van der Waals surface area contributed by atoms with Gasteiger partial charge in [0.05, 0.1) is 47.6 Å². The van der Waals surface area contributed by atoms with E-state index in [9.17, 15) is 18.4 Å². The highest BCUT2D eigenvalue weighted by atomic mass is 35.5. The molecule has 1 aliphatic carbocycles. The van der Waals surface area contributed by atoms with Gasteiger partial charge in [-0.15, -0.1) is 0 Å². The van der Waals surface area contributed by atoms with E-state index < -0.39 is 23.4 Å². The summed E-state index contributed by atoms with van der Waals surface area (Å²) in [7, 11) is 0. The van der Waals surface area contributed by atoms with E-state index in [2.05, 4.69) is 50.8 Å². The van der Waals surface area contributed by atoms with E-state index >= 15 is 0 Å². The molecule has 1 saturated heterocycles. The molecule has 262 valence electrons. The van der Waals surface area contributed by atoms with Crippen LogP contribution < -0.4 is 20.9 Å². The Bertz CT molecular complexity index is 2220. The van der Waals surface area contributed by atoms with Gasteiger partial charge >= 0.3 is 0 Å². The lowest BCUT2D eigenvalue weighted by Gasteiger charge is -2.17. The third kappa shape index (κ3) is 8.07. The highest BCUT2D eigenvalue weighted by Gasteiger charge is 2.27. The third-order valence-electron chi connectivity index (χ3n) is 8.38. The van der Waals surface area contributed by atoms with Gasteiger partial charge in [0.1, 0.15) is 22.4 Å².